The molecule has 0 aliphatic heterocycles. The standard InChI is InChI=1S/C13H8O3/c14-13(15)8-5-6-10-9-3-1-2-4-11(9)16-12(10)7-8/h1-7H,(H,14,15)/p-1. The Hall–Kier alpha value is -2.29. The summed E-state index contributed by atoms with van der Waals surface area (Å²) in [5.74, 6) is -1.19. The van der Waals surface area contributed by atoms with Gasteiger partial charge in [0.2, 0.25) is 0 Å². The summed E-state index contributed by atoms with van der Waals surface area (Å²) < 4.78 is 5.55. The van der Waals surface area contributed by atoms with Crippen molar-refractivity contribution < 1.29 is 14.3 Å². The van der Waals surface area contributed by atoms with Crippen molar-refractivity contribution in [2.24, 2.45) is 0 Å². The number of rotatable bonds is 1. The van der Waals surface area contributed by atoms with E-state index in [1.807, 2.05) is 24.3 Å². The number of benzene rings is 2. The van der Waals surface area contributed by atoms with Gasteiger partial charge in [0.25, 0.3) is 0 Å². The van der Waals surface area contributed by atoms with Gasteiger partial charge in [-0.15, -0.1) is 0 Å². The fourth-order valence-electron chi connectivity index (χ4n) is 1.85. The lowest BCUT2D eigenvalue weighted by molar-refractivity contribution is -0.255. The Kier molecular flexibility index (Phi) is 1.74. The summed E-state index contributed by atoms with van der Waals surface area (Å²) in [4.78, 5) is 10.7. The van der Waals surface area contributed by atoms with Crippen LogP contribution in [0.25, 0.3) is 21.9 Å². The number of carbonyl (C=O) groups is 1. The van der Waals surface area contributed by atoms with Crippen molar-refractivity contribution in [3.05, 3.63) is 48.0 Å². The minimum absolute atomic E-state index is 0.131. The van der Waals surface area contributed by atoms with Crippen LogP contribution in [0.15, 0.2) is 46.9 Å². The molecule has 3 aromatic rings. The Morgan fingerprint density at radius 2 is 1.75 bits per heavy atom. The minimum Gasteiger partial charge on any atom is -0.545 e. The van der Waals surface area contributed by atoms with Gasteiger partial charge in [-0.25, -0.2) is 0 Å². The zero-order valence-electron chi connectivity index (χ0n) is 8.27. The van der Waals surface area contributed by atoms with Crippen molar-refractivity contribution in [1.29, 1.82) is 0 Å². The molecule has 0 amide bonds. The van der Waals surface area contributed by atoms with E-state index in [1.165, 1.54) is 12.1 Å². The second-order valence-corrected chi connectivity index (χ2v) is 3.60. The Morgan fingerprint density at radius 1 is 1.00 bits per heavy atom. The number of carboxylic acid groups (broad SMARTS) is 1. The van der Waals surface area contributed by atoms with E-state index in [-0.39, 0.29) is 5.56 Å². The molecule has 3 heteroatoms. The van der Waals surface area contributed by atoms with Gasteiger partial charge in [0.1, 0.15) is 11.2 Å². The molecule has 0 unspecified atom stereocenters. The second kappa shape index (κ2) is 3.10. The van der Waals surface area contributed by atoms with E-state index >= 15 is 0 Å². The van der Waals surface area contributed by atoms with Crippen molar-refractivity contribution in [3.63, 3.8) is 0 Å². The lowest BCUT2D eigenvalue weighted by Crippen LogP contribution is -2.21. The summed E-state index contributed by atoms with van der Waals surface area (Å²) in [5, 5.41) is 12.6. The van der Waals surface area contributed by atoms with Gasteiger partial charge in [0.15, 0.2) is 0 Å². The molecule has 0 bridgehead atoms. The van der Waals surface area contributed by atoms with Crippen LogP contribution in [0.1, 0.15) is 10.4 Å². The average Bonchev–Trinajstić information content (AvgIpc) is 2.66. The molecular weight excluding hydrogens is 204 g/mol. The number of hydrogen-bond donors (Lipinski definition) is 0. The molecule has 2 aromatic carbocycles. The zero-order valence-corrected chi connectivity index (χ0v) is 8.27. The third-order valence-corrected chi connectivity index (χ3v) is 2.61. The number of aromatic carboxylic acids is 1. The van der Waals surface area contributed by atoms with E-state index < -0.39 is 5.97 Å². The molecule has 0 aliphatic carbocycles. The lowest BCUT2D eigenvalue weighted by atomic mass is 10.1. The first kappa shape index (κ1) is 8.97. The van der Waals surface area contributed by atoms with Crippen LogP contribution in [0, 0.1) is 0 Å². The summed E-state index contributed by atoms with van der Waals surface area (Å²) in [5.41, 5.74) is 1.46. The van der Waals surface area contributed by atoms with Gasteiger partial charge in [-0.1, -0.05) is 24.3 Å². The third-order valence-electron chi connectivity index (χ3n) is 2.61. The highest BCUT2D eigenvalue weighted by Crippen LogP contribution is 2.28. The predicted molar refractivity (Wildman–Crippen MR) is 58.1 cm³/mol. The number of carbonyl (C=O) groups excluding carboxylic acids is 1. The van der Waals surface area contributed by atoms with E-state index in [0.29, 0.717) is 5.58 Å². The molecule has 0 aliphatic rings. The first-order valence-electron chi connectivity index (χ1n) is 4.88. The lowest BCUT2D eigenvalue weighted by Gasteiger charge is -2.00. The SMILES string of the molecule is O=C([O-])c1ccc2c(c1)oc1ccccc12. The first-order chi connectivity index (χ1) is 7.75. The third kappa shape index (κ3) is 1.18. The van der Waals surface area contributed by atoms with E-state index in [2.05, 4.69) is 0 Å². The molecule has 0 radical (unpaired) electrons. The molecular formula is C13H7O3-. The fourth-order valence-corrected chi connectivity index (χ4v) is 1.85. The number of para-hydroxylation sites is 1. The van der Waals surface area contributed by atoms with Crippen LogP contribution in [0.5, 0.6) is 0 Å². The van der Waals surface area contributed by atoms with Crippen LogP contribution in [0.4, 0.5) is 0 Å². The minimum atomic E-state index is -1.19. The summed E-state index contributed by atoms with van der Waals surface area (Å²) in [6.07, 6.45) is 0. The Bertz CT molecular complexity index is 695. The van der Waals surface area contributed by atoms with Gasteiger partial charge in [0.05, 0.1) is 5.97 Å². The summed E-state index contributed by atoms with van der Waals surface area (Å²) in [7, 11) is 0. The van der Waals surface area contributed by atoms with Crippen molar-refractivity contribution in [3.8, 4) is 0 Å². The van der Waals surface area contributed by atoms with E-state index in [0.717, 1.165) is 16.4 Å². The molecule has 0 fully saturated rings. The average molecular weight is 211 g/mol. The molecule has 0 N–H and O–H groups in total. The van der Waals surface area contributed by atoms with Crippen LogP contribution in [0.2, 0.25) is 0 Å². The van der Waals surface area contributed by atoms with Gasteiger partial charge >= 0.3 is 0 Å². The van der Waals surface area contributed by atoms with Gasteiger partial charge < -0.3 is 14.3 Å². The molecule has 1 aromatic heterocycles. The largest absolute Gasteiger partial charge is 0.545 e. The van der Waals surface area contributed by atoms with Gasteiger partial charge in [-0.2, -0.15) is 0 Å². The maximum Gasteiger partial charge on any atom is 0.136 e. The Balaban J connectivity index is 2.41. The molecule has 0 spiro atoms. The molecule has 78 valence electrons. The molecule has 3 nitrogen and oxygen atoms in total. The molecule has 0 saturated heterocycles. The maximum atomic E-state index is 10.7. The smallest absolute Gasteiger partial charge is 0.136 e. The van der Waals surface area contributed by atoms with Crippen LogP contribution in [0.3, 0.4) is 0 Å². The Labute approximate surface area is 90.9 Å². The molecule has 3 rings (SSSR count). The van der Waals surface area contributed by atoms with Crippen LogP contribution in [-0.4, -0.2) is 5.97 Å². The van der Waals surface area contributed by atoms with Crippen LogP contribution < -0.4 is 5.11 Å². The highest BCUT2D eigenvalue weighted by atomic mass is 16.4. The highest BCUT2D eigenvalue weighted by Gasteiger charge is 2.06. The van der Waals surface area contributed by atoms with Crippen molar-refractivity contribution in [2.75, 3.05) is 0 Å². The van der Waals surface area contributed by atoms with E-state index in [4.69, 9.17) is 4.42 Å². The number of carboxylic acids is 1. The topological polar surface area (TPSA) is 53.3 Å². The number of furan rings is 1. The van der Waals surface area contributed by atoms with Crippen molar-refractivity contribution in [1.82, 2.24) is 0 Å². The van der Waals surface area contributed by atoms with Gasteiger partial charge in [0, 0.05) is 16.3 Å². The van der Waals surface area contributed by atoms with Crippen molar-refractivity contribution in [2.45, 2.75) is 0 Å². The molecule has 0 atom stereocenters. The summed E-state index contributed by atoms with van der Waals surface area (Å²) >= 11 is 0. The quantitative estimate of drug-likeness (QED) is 0.618. The number of fused-ring (bicyclic) bond motifs is 3. The van der Waals surface area contributed by atoms with Gasteiger partial charge in [-0.3, -0.25) is 0 Å². The molecule has 16 heavy (non-hydrogen) atoms. The van der Waals surface area contributed by atoms with Crippen LogP contribution in [-0.2, 0) is 0 Å². The monoisotopic (exact) mass is 211 g/mol. The number of hydrogen-bond acceptors (Lipinski definition) is 3. The van der Waals surface area contributed by atoms with Crippen molar-refractivity contribution >= 4 is 27.9 Å². The van der Waals surface area contributed by atoms with E-state index in [1.54, 1.807) is 6.07 Å². The van der Waals surface area contributed by atoms with Gasteiger partial charge in [-0.05, 0) is 18.2 Å². The fraction of sp³-hybridized carbons (Fsp3) is 0. The maximum absolute atomic E-state index is 10.7. The first-order valence-corrected chi connectivity index (χ1v) is 4.88. The second-order valence-electron chi connectivity index (χ2n) is 3.60. The normalized spacial score (nSPS) is 11.0. The van der Waals surface area contributed by atoms with Crippen LogP contribution >= 0.6 is 0 Å². The van der Waals surface area contributed by atoms with E-state index in [9.17, 15) is 9.90 Å². The summed E-state index contributed by atoms with van der Waals surface area (Å²) in [6.45, 7) is 0. The highest BCUT2D eigenvalue weighted by molar-refractivity contribution is 6.06. The molecule has 1 heterocycles. The summed E-state index contributed by atoms with van der Waals surface area (Å²) in [6, 6.07) is 12.4. The predicted octanol–water partition coefficient (Wildman–Crippen LogP) is 1.95. The Morgan fingerprint density at radius 3 is 2.56 bits per heavy atom. The molecule has 0 saturated carbocycles. The zero-order chi connectivity index (χ0) is 11.1.